The molecule has 2 saturated heterocycles. The van der Waals surface area contributed by atoms with Crippen molar-refractivity contribution < 1.29 is 0 Å². The average Bonchev–Trinajstić information content (AvgIpc) is 2.49. The van der Waals surface area contributed by atoms with E-state index in [9.17, 15) is 0 Å². The molecule has 0 amide bonds. The van der Waals surface area contributed by atoms with Gasteiger partial charge in [-0.15, -0.1) is 0 Å². The second-order valence-corrected chi connectivity index (χ2v) is 5.79. The Labute approximate surface area is 116 Å². The second-order valence-electron chi connectivity index (χ2n) is 5.79. The molecule has 0 radical (unpaired) electrons. The molecule has 19 heavy (non-hydrogen) atoms. The molecule has 3 rings (SSSR count). The molecule has 0 aliphatic carbocycles. The highest BCUT2D eigenvalue weighted by atomic mass is 15.2. The predicted molar refractivity (Wildman–Crippen MR) is 80.7 cm³/mol. The van der Waals surface area contributed by atoms with Gasteiger partial charge in [-0.05, 0) is 38.1 Å². The number of piperidine rings is 1. The fraction of sp³-hybridized carbons (Fsp3) is 0.625. The van der Waals surface area contributed by atoms with Crippen molar-refractivity contribution in [2.24, 2.45) is 0 Å². The number of piperazine rings is 1. The number of hydrogen-bond acceptors (Lipinski definition) is 3. The second kappa shape index (κ2) is 6.40. The Hall–Kier alpha value is -1.06. The molecule has 1 aromatic rings. The fourth-order valence-electron chi connectivity index (χ4n) is 3.27. The number of para-hydroxylation sites is 1. The van der Waals surface area contributed by atoms with Gasteiger partial charge >= 0.3 is 0 Å². The molecular weight excluding hydrogens is 234 g/mol. The van der Waals surface area contributed by atoms with Crippen LogP contribution in [0.3, 0.4) is 0 Å². The van der Waals surface area contributed by atoms with Crippen molar-refractivity contribution in [1.82, 2.24) is 10.2 Å². The van der Waals surface area contributed by atoms with Crippen LogP contribution in [-0.2, 0) is 0 Å². The zero-order valence-corrected chi connectivity index (χ0v) is 11.7. The van der Waals surface area contributed by atoms with Crippen LogP contribution in [0.1, 0.15) is 19.3 Å². The van der Waals surface area contributed by atoms with Gasteiger partial charge in [-0.2, -0.15) is 0 Å². The molecule has 104 valence electrons. The van der Waals surface area contributed by atoms with Crippen molar-refractivity contribution in [3.05, 3.63) is 30.3 Å². The average molecular weight is 259 g/mol. The summed E-state index contributed by atoms with van der Waals surface area (Å²) in [7, 11) is 0. The summed E-state index contributed by atoms with van der Waals surface area (Å²) in [6.07, 6.45) is 4.19. The number of anilines is 1. The summed E-state index contributed by atoms with van der Waals surface area (Å²) in [5.41, 5.74) is 1.37. The van der Waals surface area contributed by atoms with Gasteiger partial charge in [-0.1, -0.05) is 24.6 Å². The molecular formula is C16H25N3. The molecule has 1 N–H and O–H groups in total. The third-order valence-electron chi connectivity index (χ3n) is 4.30. The third-order valence-corrected chi connectivity index (χ3v) is 4.30. The summed E-state index contributed by atoms with van der Waals surface area (Å²) in [5, 5.41) is 3.68. The topological polar surface area (TPSA) is 18.5 Å². The minimum atomic E-state index is 0.618. The molecule has 3 nitrogen and oxygen atoms in total. The fourth-order valence-corrected chi connectivity index (χ4v) is 3.27. The van der Waals surface area contributed by atoms with Crippen LogP contribution in [0, 0.1) is 0 Å². The molecule has 0 bridgehead atoms. The van der Waals surface area contributed by atoms with E-state index in [1.807, 2.05) is 0 Å². The highest BCUT2D eigenvalue weighted by molar-refractivity contribution is 5.46. The van der Waals surface area contributed by atoms with Crippen molar-refractivity contribution in [2.45, 2.75) is 25.3 Å². The Morgan fingerprint density at radius 3 is 2.58 bits per heavy atom. The molecule has 1 atom stereocenters. The van der Waals surface area contributed by atoms with E-state index < -0.39 is 0 Å². The molecule has 2 fully saturated rings. The lowest BCUT2D eigenvalue weighted by Crippen LogP contribution is -2.55. The number of benzene rings is 1. The molecule has 1 unspecified atom stereocenters. The van der Waals surface area contributed by atoms with Crippen LogP contribution in [-0.4, -0.2) is 50.2 Å². The summed E-state index contributed by atoms with van der Waals surface area (Å²) >= 11 is 0. The largest absolute Gasteiger partial charge is 0.369 e. The lowest BCUT2D eigenvalue weighted by atomic mass is 10.1. The highest BCUT2D eigenvalue weighted by Crippen LogP contribution is 2.16. The lowest BCUT2D eigenvalue weighted by Gasteiger charge is -2.38. The number of rotatable bonds is 3. The van der Waals surface area contributed by atoms with Gasteiger partial charge in [0.05, 0.1) is 0 Å². The van der Waals surface area contributed by atoms with Gasteiger partial charge in [0, 0.05) is 37.9 Å². The molecule has 2 aliphatic rings. The van der Waals surface area contributed by atoms with Gasteiger partial charge < -0.3 is 15.1 Å². The monoisotopic (exact) mass is 259 g/mol. The quantitative estimate of drug-likeness (QED) is 0.895. The Morgan fingerprint density at radius 1 is 1.00 bits per heavy atom. The molecule has 2 aliphatic heterocycles. The molecule has 3 heteroatoms. The Balaban J connectivity index is 1.55. The minimum Gasteiger partial charge on any atom is -0.369 e. The number of hydrogen-bond donors (Lipinski definition) is 1. The van der Waals surface area contributed by atoms with Crippen LogP contribution < -0.4 is 10.2 Å². The Bertz CT molecular complexity index is 373. The van der Waals surface area contributed by atoms with E-state index in [0.717, 1.165) is 19.6 Å². The van der Waals surface area contributed by atoms with Gasteiger partial charge in [-0.3, -0.25) is 0 Å². The standard InChI is InChI=1S/C16H25N3/c1-3-7-16(8-4-1)19-12-9-17-15(14-19)13-18-10-5-2-6-11-18/h1,3-4,7-8,15,17H,2,5-6,9-14H2. The maximum absolute atomic E-state index is 3.68. The van der Waals surface area contributed by atoms with Gasteiger partial charge in [0.15, 0.2) is 0 Å². The summed E-state index contributed by atoms with van der Waals surface area (Å²) in [4.78, 5) is 5.15. The summed E-state index contributed by atoms with van der Waals surface area (Å²) < 4.78 is 0. The summed E-state index contributed by atoms with van der Waals surface area (Å²) in [6.45, 7) is 7.17. The SMILES string of the molecule is c1ccc(N2CCNC(CN3CCCCC3)C2)cc1. The first-order valence-corrected chi connectivity index (χ1v) is 7.67. The molecule has 2 heterocycles. The summed E-state index contributed by atoms with van der Waals surface area (Å²) in [6, 6.07) is 11.4. The van der Waals surface area contributed by atoms with E-state index in [1.165, 1.54) is 44.6 Å². The first-order chi connectivity index (χ1) is 9.42. The first kappa shape index (κ1) is 12.9. The zero-order valence-electron chi connectivity index (χ0n) is 11.7. The maximum Gasteiger partial charge on any atom is 0.0372 e. The van der Waals surface area contributed by atoms with Crippen LogP contribution in [0.4, 0.5) is 5.69 Å². The number of likely N-dealkylation sites (tertiary alicyclic amines) is 1. The van der Waals surface area contributed by atoms with Gasteiger partial charge in [0.1, 0.15) is 0 Å². The van der Waals surface area contributed by atoms with Crippen molar-refractivity contribution in [1.29, 1.82) is 0 Å². The van der Waals surface area contributed by atoms with Crippen LogP contribution in [0.15, 0.2) is 30.3 Å². The van der Waals surface area contributed by atoms with Crippen LogP contribution >= 0.6 is 0 Å². The maximum atomic E-state index is 3.68. The Kier molecular flexibility index (Phi) is 4.36. The van der Waals surface area contributed by atoms with E-state index in [2.05, 4.69) is 45.4 Å². The van der Waals surface area contributed by atoms with E-state index in [-0.39, 0.29) is 0 Å². The number of nitrogens with zero attached hydrogens (tertiary/aromatic N) is 2. The molecule has 0 spiro atoms. The van der Waals surface area contributed by atoms with Crippen LogP contribution in [0.5, 0.6) is 0 Å². The minimum absolute atomic E-state index is 0.618. The summed E-state index contributed by atoms with van der Waals surface area (Å²) in [5.74, 6) is 0. The van der Waals surface area contributed by atoms with E-state index in [1.54, 1.807) is 0 Å². The van der Waals surface area contributed by atoms with E-state index in [0.29, 0.717) is 6.04 Å². The van der Waals surface area contributed by atoms with Crippen LogP contribution in [0.25, 0.3) is 0 Å². The van der Waals surface area contributed by atoms with E-state index in [4.69, 9.17) is 0 Å². The van der Waals surface area contributed by atoms with Gasteiger partial charge in [-0.25, -0.2) is 0 Å². The van der Waals surface area contributed by atoms with Crippen molar-refractivity contribution in [2.75, 3.05) is 44.2 Å². The normalized spacial score (nSPS) is 25.5. The van der Waals surface area contributed by atoms with Gasteiger partial charge in [0.25, 0.3) is 0 Å². The van der Waals surface area contributed by atoms with Crippen molar-refractivity contribution in [3.63, 3.8) is 0 Å². The third kappa shape index (κ3) is 3.48. The zero-order chi connectivity index (χ0) is 12.9. The molecule has 0 saturated carbocycles. The van der Waals surface area contributed by atoms with E-state index >= 15 is 0 Å². The highest BCUT2D eigenvalue weighted by Gasteiger charge is 2.22. The number of nitrogens with one attached hydrogen (secondary N) is 1. The predicted octanol–water partition coefficient (Wildman–Crippen LogP) is 1.95. The van der Waals surface area contributed by atoms with Crippen molar-refractivity contribution >= 4 is 5.69 Å². The lowest BCUT2D eigenvalue weighted by molar-refractivity contribution is 0.201. The van der Waals surface area contributed by atoms with Gasteiger partial charge in [0.2, 0.25) is 0 Å². The van der Waals surface area contributed by atoms with Crippen LogP contribution in [0.2, 0.25) is 0 Å². The smallest absolute Gasteiger partial charge is 0.0372 e. The first-order valence-electron chi connectivity index (χ1n) is 7.67. The van der Waals surface area contributed by atoms with Crippen molar-refractivity contribution in [3.8, 4) is 0 Å². The Morgan fingerprint density at radius 2 is 1.79 bits per heavy atom. The molecule has 1 aromatic carbocycles. The molecule has 0 aromatic heterocycles.